The number of hydrogen-bond acceptors (Lipinski definition) is 4. The molecule has 0 radical (unpaired) electrons. The molecule has 0 atom stereocenters. The van der Waals surface area contributed by atoms with Gasteiger partial charge in [-0.2, -0.15) is 0 Å². The monoisotopic (exact) mass is 312 g/mol. The lowest BCUT2D eigenvalue weighted by Gasteiger charge is -2.10. The van der Waals surface area contributed by atoms with Crippen LogP contribution < -0.4 is 10.1 Å². The van der Waals surface area contributed by atoms with E-state index in [1.807, 2.05) is 19.1 Å². The van der Waals surface area contributed by atoms with Crippen molar-refractivity contribution in [2.45, 2.75) is 13.5 Å². The number of hydrogen-bond donors (Lipinski definition) is 1. The molecule has 90 valence electrons. The third kappa shape index (κ3) is 3.44. The van der Waals surface area contributed by atoms with Gasteiger partial charge in [-0.15, -0.1) is 11.3 Å². The molecule has 0 saturated heterocycles. The van der Waals surface area contributed by atoms with E-state index in [4.69, 9.17) is 4.74 Å². The number of pyridine rings is 1. The molecule has 3 nitrogen and oxygen atoms in total. The maximum absolute atomic E-state index is 5.45. The Labute approximate surface area is 113 Å². The number of thiophene rings is 1. The van der Waals surface area contributed by atoms with Crippen molar-refractivity contribution in [2.75, 3.05) is 11.9 Å². The summed E-state index contributed by atoms with van der Waals surface area (Å²) in [6.45, 7) is 3.35. The van der Waals surface area contributed by atoms with Gasteiger partial charge in [0.15, 0.2) is 0 Å². The van der Waals surface area contributed by atoms with Gasteiger partial charge in [-0.1, -0.05) is 0 Å². The Balaban J connectivity index is 2.03. The molecular formula is C12H13BrN2OS. The second kappa shape index (κ2) is 6.02. The van der Waals surface area contributed by atoms with Crippen LogP contribution >= 0.6 is 27.3 Å². The van der Waals surface area contributed by atoms with Crippen LogP contribution in [0.2, 0.25) is 0 Å². The van der Waals surface area contributed by atoms with Crippen LogP contribution in [0.3, 0.4) is 0 Å². The lowest BCUT2D eigenvalue weighted by molar-refractivity contribution is 0.328. The first-order chi connectivity index (χ1) is 8.29. The van der Waals surface area contributed by atoms with Crippen molar-refractivity contribution in [1.82, 2.24) is 4.98 Å². The van der Waals surface area contributed by atoms with Gasteiger partial charge >= 0.3 is 0 Å². The van der Waals surface area contributed by atoms with Gasteiger partial charge in [0.1, 0.15) is 0 Å². The van der Waals surface area contributed by atoms with E-state index < -0.39 is 0 Å². The van der Waals surface area contributed by atoms with Crippen LogP contribution in [0, 0.1) is 0 Å². The van der Waals surface area contributed by atoms with Crippen molar-refractivity contribution < 1.29 is 4.74 Å². The molecule has 0 fully saturated rings. The van der Waals surface area contributed by atoms with Crippen molar-refractivity contribution in [3.8, 4) is 5.88 Å². The number of nitrogens with zero attached hydrogens (tertiary/aromatic N) is 1. The molecule has 2 heterocycles. The number of ether oxygens (including phenoxy) is 1. The quantitative estimate of drug-likeness (QED) is 0.908. The molecule has 1 N–H and O–H groups in total. The van der Waals surface area contributed by atoms with Crippen molar-refractivity contribution in [3.63, 3.8) is 0 Å². The fourth-order valence-electron chi connectivity index (χ4n) is 1.41. The van der Waals surface area contributed by atoms with E-state index in [0.29, 0.717) is 12.5 Å². The highest BCUT2D eigenvalue weighted by molar-refractivity contribution is 9.11. The average Bonchev–Trinajstić information content (AvgIpc) is 2.74. The zero-order valence-electron chi connectivity index (χ0n) is 9.44. The number of aromatic nitrogens is 1. The molecule has 0 spiro atoms. The Kier molecular flexibility index (Phi) is 4.39. The second-order valence-electron chi connectivity index (χ2n) is 3.40. The molecule has 2 aromatic rings. The van der Waals surface area contributed by atoms with E-state index in [1.54, 1.807) is 17.5 Å². The van der Waals surface area contributed by atoms with E-state index in [1.165, 1.54) is 5.56 Å². The molecule has 5 heteroatoms. The number of anilines is 1. The molecule has 0 unspecified atom stereocenters. The van der Waals surface area contributed by atoms with Gasteiger partial charge in [0.2, 0.25) is 5.88 Å². The lowest BCUT2D eigenvalue weighted by atomic mass is 10.3. The van der Waals surface area contributed by atoms with Gasteiger partial charge < -0.3 is 10.1 Å². The van der Waals surface area contributed by atoms with Crippen LogP contribution in [0.5, 0.6) is 5.88 Å². The van der Waals surface area contributed by atoms with Gasteiger partial charge in [-0.25, -0.2) is 4.98 Å². The van der Waals surface area contributed by atoms with Gasteiger partial charge in [0.05, 0.1) is 16.1 Å². The predicted octanol–water partition coefficient (Wildman–Crippen LogP) is 3.92. The molecule has 17 heavy (non-hydrogen) atoms. The van der Waals surface area contributed by atoms with E-state index >= 15 is 0 Å². The summed E-state index contributed by atoms with van der Waals surface area (Å²) in [4.78, 5) is 4.19. The standard InChI is InChI=1S/C12H13BrN2OS/c1-2-16-12-10(4-3-5-14-12)15-7-9-6-11(13)17-8-9/h3-6,8,15H,2,7H2,1H3. The summed E-state index contributed by atoms with van der Waals surface area (Å²) in [7, 11) is 0. The van der Waals surface area contributed by atoms with Gasteiger partial charge in [0.25, 0.3) is 0 Å². The summed E-state index contributed by atoms with van der Waals surface area (Å²) in [6, 6.07) is 5.97. The molecule has 0 aliphatic carbocycles. The molecule has 0 aliphatic rings. The van der Waals surface area contributed by atoms with E-state index in [9.17, 15) is 0 Å². The Hall–Kier alpha value is -1.07. The van der Waals surface area contributed by atoms with E-state index in [-0.39, 0.29) is 0 Å². The highest BCUT2D eigenvalue weighted by Gasteiger charge is 2.04. The first-order valence-corrected chi connectivity index (χ1v) is 7.01. The molecule has 0 aliphatic heterocycles. The smallest absolute Gasteiger partial charge is 0.237 e. The largest absolute Gasteiger partial charge is 0.476 e. The van der Waals surface area contributed by atoms with Gasteiger partial charge in [-0.3, -0.25) is 0 Å². The SMILES string of the molecule is CCOc1ncccc1NCc1csc(Br)c1. The minimum atomic E-state index is 0.621. The Morgan fingerprint density at radius 3 is 3.12 bits per heavy atom. The predicted molar refractivity (Wildman–Crippen MR) is 74.8 cm³/mol. The Bertz CT molecular complexity index is 487. The zero-order chi connectivity index (χ0) is 12.1. The van der Waals surface area contributed by atoms with Crippen molar-refractivity contribution >= 4 is 33.0 Å². The summed E-state index contributed by atoms with van der Waals surface area (Å²) in [6.07, 6.45) is 1.73. The minimum Gasteiger partial charge on any atom is -0.476 e. The highest BCUT2D eigenvalue weighted by atomic mass is 79.9. The van der Waals surface area contributed by atoms with Crippen LogP contribution in [0.1, 0.15) is 12.5 Å². The molecule has 2 aromatic heterocycles. The summed E-state index contributed by atoms with van der Waals surface area (Å²) >= 11 is 5.14. The highest BCUT2D eigenvalue weighted by Crippen LogP contribution is 2.24. The summed E-state index contributed by atoms with van der Waals surface area (Å²) in [5, 5.41) is 5.44. The lowest BCUT2D eigenvalue weighted by Crippen LogP contribution is -2.03. The van der Waals surface area contributed by atoms with Crippen molar-refractivity contribution in [1.29, 1.82) is 0 Å². The van der Waals surface area contributed by atoms with Crippen LogP contribution in [-0.4, -0.2) is 11.6 Å². The maximum atomic E-state index is 5.45. The average molecular weight is 313 g/mol. The zero-order valence-corrected chi connectivity index (χ0v) is 11.8. The molecule has 0 aromatic carbocycles. The van der Waals surface area contributed by atoms with Crippen molar-refractivity contribution in [2.24, 2.45) is 0 Å². The Morgan fingerprint density at radius 2 is 2.41 bits per heavy atom. The summed E-state index contributed by atoms with van der Waals surface area (Å²) in [5.41, 5.74) is 2.17. The topological polar surface area (TPSA) is 34.1 Å². The van der Waals surface area contributed by atoms with Crippen LogP contribution in [0.4, 0.5) is 5.69 Å². The third-order valence-corrected chi connectivity index (χ3v) is 3.71. The molecule has 0 amide bonds. The third-order valence-electron chi connectivity index (χ3n) is 2.16. The normalized spacial score (nSPS) is 10.2. The fraction of sp³-hybridized carbons (Fsp3) is 0.250. The number of halogens is 1. The van der Waals surface area contributed by atoms with E-state index in [0.717, 1.165) is 16.0 Å². The molecule has 2 rings (SSSR count). The summed E-state index contributed by atoms with van der Waals surface area (Å²) < 4.78 is 6.59. The van der Waals surface area contributed by atoms with Crippen LogP contribution in [0.15, 0.2) is 33.6 Å². The van der Waals surface area contributed by atoms with Gasteiger partial charge in [0, 0.05) is 12.7 Å². The second-order valence-corrected chi connectivity index (χ2v) is 5.69. The van der Waals surface area contributed by atoms with Crippen molar-refractivity contribution in [3.05, 3.63) is 39.1 Å². The van der Waals surface area contributed by atoms with Crippen LogP contribution in [-0.2, 0) is 6.54 Å². The van der Waals surface area contributed by atoms with Crippen LogP contribution in [0.25, 0.3) is 0 Å². The van der Waals surface area contributed by atoms with Gasteiger partial charge in [-0.05, 0) is 52.0 Å². The first kappa shape index (κ1) is 12.4. The Morgan fingerprint density at radius 1 is 1.53 bits per heavy atom. The number of rotatable bonds is 5. The minimum absolute atomic E-state index is 0.621. The maximum Gasteiger partial charge on any atom is 0.237 e. The summed E-state index contributed by atoms with van der Waals surface area (Å²) in [5.74, 6) is 0.657. The van der Waals surface area contributed by atoms with E-state index in [2.05, 4.69) is 37.7 Å². The molecule has 0 saturated carbocycles. The fourth-order valence-corrected chi connectivity index (χ4v) is 2.62. The molecule has 0 bridgehead atoms. The first-order valence-electron chi connectivity index (χ1n) is 5.34. The molecular weight excluding hydrogens is 300 g/mol. The number of nitrogens with one attached hydrogen (secondary N) is 1.